The molecule has 0 atom stereocenters. The number of hydrogen-bond donors (Lipinski definition) is 0. The average Bonchev–Trinajstić information content (AvgIpc) is 2.18. The summed E-state index contributed by atoms with van der Waals surface area (Å²) in [5.74, 6) is -0.213. The molecule has 0 fully saturated rings. The number of ether oxygens (including phenoxy) is 1. The number of rotatable bonds is 4. The van der Waals surface area contributed by atoms with Crippen molar-refractivity contribution in [3.05, 3.63) is 24.0 Å². The van der Waals surface area contributed by atoms with E-state index in [2.05, 4.69) is 4.98 Å². The van der Waals surface area contributed by atoms with Gasteiger partial charge in [0.05, 0.1) is 6.61 Å². The van der Waals surface area contributed by atoms with Gasteiger partial charge in [-0.05, 0) is 26.0 Å². The van der Waals surface area contributed by atoms with Crippen molar-refractivity contribution >= 4 is 11.7 Å². The topological polar surface area (TPSA) is 42.4 Å². The first-order valence-electron chi connectivity index (χ1n) is 4.93. The maximum atomic E-state index is 11.2. The Morgan fingerprint density at radius 3 is 2.93 bits per heavy atom. The zero-order valence-corrected chi connectivity index (χ0v) is 9.36. The van der Waals surface area contributed by atoms with Crippen molar-refractivity contribution in [2.45, 2.75) is 13.8 Å². The SMILES string of the molecule is CCOC(=O)CN(C)c1ccnc(C)c1. The maximum absolute atomic E-state index is 11.2. The number of carbonyl (C=O) groups excluding carboxylic acids is 1. The smallest absolute Gasteiger partial charge is 0.325 e. The molecule has 0 unspecified atom stereocenters. The Hall–Kier alpha value is -1.58. The van der Waals surface area contributed by atoms with Gasteiger partial charge in [0.15, 0.2) is 0 Å². The molecular formula is C11H16N2O2. The summed E-state index contributed by atoms with van der Waals surface area (Å²) in [6, 6.07) is 3.80. The third kappa shape index (κ3) is 3.58. The molecule has 0 aromatic carbocycles. The molecule has 0 aliphatic rings. The number of nitrogens with zero attached hydrogens (tertiary/aromatic N) is 2. The minimum atomic E-state index is -0.213. The van der Waals surface area contributed by atoms with Gasteiger partial charge in [0, 0.05) is 24.6 Å². The fraction of sp³-hybridized carbons (Fsp3) is 0.455. The van der Waals surface area contributed by atoms with E-state index in [1.807, 2.05) is 31.0 Å². The van der Waals surface area contributed by atoms with Crippen molar-refractivity contribution in [3.8, 4) is 0 Å². The lowest BCUT2D eigenvalue weighted by molar-refractivity contribution is -0.141. The van der Waals surface area contributed by atoms with E-state index < -0.39 is 0 Å². The second kappa shape index (κ2) is 5.34. The molecule has 0 saturated heterocycles. The van der Waals surface area contributed by atoms with Gasteiger partial charge in [-0.3, -0.25) is 9.78 Å². The van der Waals surface area contributed by atoms with Crippen molar-refractivity contribution in [3.63, 3.8) is 0 Å². The minimum absolute atomic E-state index is 0.213. The van der Waals surface area contributed by atoms with E-state index in [1.165, 1.54) is 0 Å². The number of aryl methyl sites for hydroxylation is 1. The highest BCUT2D eigenvalue weighted by molar-refractivity contribution is 5.75. The number of anilines is 1. The molecule has 0 saturated carbocycles. The lowest BCUT2D eigenvalue weighted by Gasteiger charge is -2.18. The fourth-order valence-corrected chi connectivity index (χ4v) is 1.26. The first-order chi connectivity index (χ1) is 7.13. The maximum Gasteiger partial charge on any atom is 0.325 e. The molecular weight excluding hydrogens is 192 g/mol. The summed E-state index contributed by atoms with van der Waals surface area (Å²) in [6.07, 6.45) is 1.73. The van der Waals surface area contributed by atoms with Gasteiger partial charge in [-0.25, -0.2) is 0 Å². The molecule has 0 aliphatic carbocycles. The summed E-state index contributed by atoms with van der Waals surface area (Å²) >= 11 is 0. The van der Waals surface area contributed by atoms with Crippen LogP contribution in [0.3, 0.4) is 0 Å². The summed E-state index contributed by atoms with van der Waals surface area (Å²) in [5, 5.41) is 0. The monoisotopic (exact) mass is 208 g/mol. The highest BCUT2D eigenvalue weighted by atomic mass is 16.5. The quantitative estimate of drug-likeness (QED) is 0.701. The van der Waals surface area contributed by atoms with Crippen molar-refractivity contribution in [1.29, 1.82) is 0 Å². The van der Waals surface area contributed by atoms with Crippen molar-refractivity contribution in [2.24, 2.45) is 0 Å². The van der Waals surface area contributed by atoms with Crippen LogP contribution in [-0.4, -0.2) is 31.2 Å². The summed E-state index contributed by atoms with van der Waals surface area (Å²) in [6.45, 7) is 4.40. The largest absolute Gasteiger partial charge is 0.465 e. The van der Waals surface area contributed by atoms with Crippen LogP contribution < -0.4 is 4.90 Å². The van der Waals surface area contributed by atoms with E-state index in [1.54, 1.807) is 13.1 Å². The van der Waals surface area contributed by atoms with Gasteiger partial charge >= 0.3 is 5.97 Å². The molecule has 4 nitrogen and oxygen atoms in total. The van der Waals surface area contributed by atoms with Gasteiger partial charge in [-0.2, -0.15) is 0 Å². The Labute approximate surface area is 89.9 Å². The van der Waals surface area contributed by atoms with E-state index in [0.717, 1.165) is 11.4 Å². The normalized spacial score (nSPS) is 9.80. The van der Waals surface area contributed by atoms with Crippen molar-refractivity contribution in [2.75, 3.05) is 25.1 Å². The molecule has 1 rings (SSSR count). The van der Waals surface area contributed by atoms with Crippen LogP contribution in [0.2, 0.25) is 0 Å². The minimum Gasteiger partial charge on any atom is -0.465 e. The lowest BCUT2D eigenvalue weighted by Crippen LogP contribution is -2.27. The number of pyridine rings is 1. The van der Waals surface area contributed by atoms with Crippen LogP contribution in [0.25, 0.3) is 0 Å². The van der Waals surface area contributed by atoms with Crippen molar-refractivity contribution in [1.82, 2.24) is 4.98 Å². The van der Waals surface area contributed by atoms with Crippen LogP contribution >= 0.6 is 0 Å². The third-order valence-corrected chi connectivity index (χ3v) is 1.99. The Morgan fingerprint density at radius 2 is 2.33 bits per heavy atom. The van der Waals surface area contributed by atoms with Gasteiger partial charge in [0.2, 0.25) is 0 Å². The van der Waals surface area contributed by atoms with Crippen LogP contribution in [-0.2, 0) is 9.53 Å². The number of carbonyl (C=O) groups is 1. The molecule has 1 heterocycles. The molecule has 1 aromatic heterocycles. The highest BCUT2D eigenvalue weighted by Gasteiger charge is 2.07. The molecule has 1 aromatic rings. The van der Waals surface area contributed by atoms with Gasteiger partial charge in [0.1, 0.15) is 6.54 Å². The Kier molecular flexibility index (Phi) is 4.09. The number of aromatic nitrogens is 1. The van der Waals surface area contributed by atoms with Gasteiger partial charge in [-0.1, -0.05) is 0 Å². The standard InChI is InChI=1S/C11H16N2O2/c1-4-15-11(14)8-13(3)10-5-6-12-9(2)7-10/h5-7H,4,8H2,1-3H3. The molecule has 0 aliphatic heterocycles. The Balaban J connectivity index is 2.60. The summed E-state index contributed by atoms with van der Waals surface area (Å²) < 4.78 is 4.87. The van der Waals surface area contributed by atoms with Crippen molar-refractivity contribution < 1.29 is 9.53 Å². The van der Waals surface area contributed by atoms with Crippen LogP contribution in [0.1, 0.15) is 12.6 Å². The van der Waals surface area contributed by atoms with Crippen LogP contribution in [0, 0.1) is 6.92 Å². The molecule has 0 spiro atoms. The fourth-order valence-electron chi connectivity index (χ4n) is 1.26. The number of esters is 1. The molecule has 0 N–H and O–H groups in total. The third-order valence-electron chi connectivity index (χ3n) is 1.99. The zero-order chi connectivity index (χ0) is 11.3. The van der Waals surface area contributed by atoms with E-state index in [4.69, 9.17) is 4.74 Å². The van der Waals surface area contributed by atoms with Gasteiger partial charge < -0.3 is 9.64 Å². The van der Waals surface area contributed by atoms with E-state index in [0.29, 0.717) is 6.61 Å². The van der Waals surface area contributed by atoms with Gasteiger partial charge in [0.25, 0.3) is 0 Å². The van der Waals surface area contributed by atoms with Crippen LogP contribution in [0.5, 0.6) is 0 Å². The zero-order valence-electron chi connectivity index (χ0n) is 9.36. The summed E-state index contributed by atoms with van der Waals surface area (Å²) in [4.78, 5) is 17.2. The molecule has 0 bridgehead atoms. The van der Waals surface area contributed by atoms with E-state index in [-0.39, 0.29) is 12.5 Å². The summed E-state index contributed by atoms with van der Waals surface area (Å²) in [7, 11) is 1.85. The summed E-state index contributed by atoms with van der Waals surface area (Å²) in [5.41, 5.74) is 1.90. The van der Waals surface area contributed by atoms with Gasteiger partial charge in [-0.15, -0.1) is 0 Å². The molecule has 4 heteroatoms. The second-order valence-corrected chi connectivity index (χ2v) is 3.32. The Morgan fingerprint density at radius 1 is 1.60 bits per heavy atom. The Bertz CT molecular complexity index is 339. The molecule has 82 valence electrons. The number of hydrogen-bond acceptors (Lipinski definition) is 4. The van der Waals surface area contributed by atoms with E-state index in [9.17, 15) is 4.79 Å². The van der Waals surface area contributed by atoms with E-state index >= 15 is 0 Å². The molecule has 15 heavy (non-hydrogen) atoms. The number of likely N-dealkylation sites (N-methyl/N-ethyl adjacent to an activating group) is 1. The predicted octanol–water partition coefficient (Wildman–Crippen LogP) is 1.39. The van der Waals surface area contributed by atoms with Crippen LogP contribution in [0.4, 0.5) is 5.69 Å². The average molecular weight is 208 g/mol. The molecule has 0 amide bonds. The predicted molar refractivity (Wildman–Crippen MR) is 58.9 cm³/mol. The molecule has 0 radical (unpaired) electrons. The second-order valence-electron chi connectivity index (χ2n) is 3.32. The lowest BCUT2D eigenvalue weighted by atomic mass is 10.3. The highest BCUT2D eigenvalue weighted by Crippen LogP contribution is 2.11. The first-order valence-corrected chi connectivity index (χ1v) is 4.93. The van der Waals surface area contributed by atoms with Crippen LogP contribution in [0.15, 0.2) is 18.3 Å². The first kappa shape index (κ1) is 11.5.